The Bertz CT molecular complexity index is 876. The van der Waals surface area contributed by atoms with Gasteiger partial charge in [-0.3, -0.25) is 9.59 Å². The van der Waals surface area contributed by atoms with Crippen LogP contribution in [0.2, 0.25) is 0 Å². The van der Waals surface area contributed by atoms with Crippen molar-refractivity contribution in [2.24, 2.45) is 5.92 Å². The van der Waals surface area contributed by atoms with Gasteiger partial charge in [0.25, 0.3) is 0 Å². The molecule has 0 aromatic rings. The number of carbonyl (C=O) groups excluding carboxylic acids is 2. The molecule has 0 saturated carbocycles. The number of rotatable bonds is 36. The van der Waals surface area contributed by atoms with Crippen molar-refractivity contribution >= 4 is 11.9 Å². The smallest absolute Gasteiger partial charge is 0.306 e. The number of hydrogen-bond acceptors (Lipinski definition) is 6. The third kappa shape index (κ3) is 35.6. The van der Waals surface area contributed by atoms with Crippen LogP contribution in [0, 0.1) is 5.92 Å². The molecule has 3 atom stereocenters. The van der Waals surface area contributed by atoms with Gasteiger partial charge in [0.05, 0.1) is 12.7 Å². The number of ether oxygens (including phenoxy) is 2. The standard InChI is InChI=1S/C44H78O6/c1-4-33-41(46)35-30-26-22-18-14-10-8-12-15-19-23-27-31-36-43(47)49-39-42(38-45)50-44(48)37-32-28-24-20-16-11-7-6-9-13-17-21-25-29-34-40(3)5-2/h8,12,14,18-19,23,26,30,40-42,45-46H,4-7,9-11,13,15-17,20-22,24-25,27-29,31-39H2,1-3H3/b12-8-,18-14-,23-19-,30-26-/t40?,41?,42-/m0/s1. The molecule has 0 radical (unpaired) electrons. The van der Waals surface area contributed by atoms with E-state index >= 15 is 0 Å². The zero-order valence-electron chi connectivity index (χ0n) is 32.7. The Balaban J connectivity index is 3.66. The van der Waals surface area contributed by atoms with E-state index in [2.05, 4.69) is 69.4 Å². The van der Waals surface area contributed by atoms with Crippen LogP contribution in [0.3, 0.4) is 0 Å². The largest absolute Gasteiger partial charge is 0.462 e. The zero-order valence-corrected chi connectivity index (χ0v) is 32.7. The Labute approximate surface area is 308 Å². The Hall–Kier alpha value is -2.18. The molecule has 0 bridgehead atoms. The highest BCUT2D eigenvalue weighted by molar-refractivity contribution is 5.70. The molecule has 50 heavy (non-hydrogen) atoms. The van der Waals surface area contributed by atoms with Crippen molar-refractivity contribution in [3.05, 3.63) is 48.6 Å². The van der Waals surface area contributed by atoms with Gasteiger partial charge in [0.1, 0.15) is 6.61 Å². The fourth-order valence-electron chi connectivity index (χ4n) is 5.71. The summed E-state index contributed by atoms with van der Waals surface area (Å²) in [6.07, 6.45) is 43.8. The number of aliphatic hydroxyl groups excluding tert-OH is 2. The van der Waals surface area contributed by atoms with Gasteiger partial charge in [0.15, 0.2) is 6.10 Å². The Kier molecular flexibility index (Phi) is 36.4. The lowest BCUT2D eigenvalue weighted by molar-refractivity contribution is -0.161. The summed E-state index contributed by atoms with van der Waals surface area (Å²) in [6, 6.07) is 0. The predicted molar refractivity (Wildman–Crippen MR) is 211 cm³/mol. The molecule has 2 N–H and O–H groups in total. The summed E-state index contributed by atoms with van der Waals surface area (Å²) in [7, 11) is 0. The summed E-state index contributed by atoms with van der Waals surface area (Å²) in [5.41, 5.74) is 0. The molecule has 0 aliphatic rings. The highest BCUT2D eigenvalue weighted by Crippen LogP contribution is 2.16. The molecule has 0 spiro atoms. The van der Waals surface area contributed by atoms with E-state index in [9.17, 15) is 19.8 Å². The van der Waals surface area contributed by atoms with Crippen LogP contribution in [0.15, 0.2) is 48.6 Å². The molecule has 0 saturated heterocycles. The first kappa shape index (κ1) is 47.8. The first-order valence-corrected chi connectivity index (χ1v) is 20.7. The normalized spacial score (nSPS) is 13.9. The first-order valence-electron chi connectivity index (χ1n) is 20.7. The second kappa shape index (κ2) is 38.1. The quantitative estimate of drug-likeness (QED) is 0.0383. The van der Waals surface area contributed by atoms with Crippen molar-refractivity contribution in [3.63, 3.8) is 0 Å². The number of allylic oxidation sites excluding steroid dienone is 7. The van der Waals surface area contributed by atoms with E-state index in [1.165, 1.54) is 83.5 Å². The maximum absolute atomic E-state index is 12.2. The number of aliphatic hydroxyl groups is 2. The topological polar surface area (TPSA) is 93.1 Å². The first-order chi connectivity index (χ1) is 24.4. The van der Waals surface area contributed by atoms with Crippen LogP contribution in [0.25, 0.3) is 0 Å². The van der Waals surface area contributed by atoms with Crippen molar-refractivity contribution in [1.82, 2.24) is 0 Å². The lowest BCUT2D eigenvalue weighted by Gasteiger charge is -2.15. The van der Waals surface area contributed by atoms with Crippen molar-refractivity contribution < 1.29 is 29.3 Å². The van der Waals surface area contributed by atoms with E-state index in [0.717, 1.165) is 70.1 Å². The number of carbonyl (C=O) groups is 2. The molecule has 6 heteroatoms. The highest BCUT2D eigenvalue weighted by atomic mass is 16.6. The van der Waals surface area contributed by atoms with Gasteiger partial charge in [-0.1, -0.05) is 172 Å². The molecule has 0 aromatic carbocycles. The van der Waals surface area contributed by atoms with E-state index in [0.29, 0.717) is 19.3 Å². The van der Waals surface area contributed by atoms with E-state index in [1.54, 1.807) is 0 Å². The summed E-state index contributed by atoms with van der Waals surface area (Å²) in [6.45, 7) is 6.28. The predicted octanol–water partition coefficient (Wildman–Crippen LogP) is 11.8. The minimum Gasteiger partial charge on any atom is -0.462 e. The molecule has 0 aliphatic heterocycles. The summed E-state index contributed by atoms with van der Waals surface area (Å²) in [5.74, 6) is 0.221. The molecule has 0 rings (SSSR count). The molecule has 0 heterocycles. The van der Waals surface area contributed by atoms with Gasteiger partial charge in [0.2, 0.25) is 0 Å². The lowest BCUT2D eigenvalue weighted by Crippen LogP contribution is -2.28. The molecule has 0 amide bonds. The second-order valence-electron chi connectivity index (χ2n) is 14.1. The van der Waals surface area contributed by atoms with Gasteiger partial charge in [-0.2, -0.15) is 0 Å². The van der Waals surface area contributed by atoms with Gasteiger partial charge in [-0.25, -0.2) is 0 Å². The van der Waals surface area contributed by atoms with Crippen LogP contribution in [0.4, 0.5) is 0 Å². The molecule has 0 fully saturated rings. The summed E-state index contributed by atoms with van der Waals surface area (Å²) >= 11 is 0. The third-order valence-electron chi connectivity index (χ3n) is 9.22. The second-order valence-corrected chi connectivity index (χ2v) is 14.1. The highest BCUT2D eigenvalue weighted by Gasteiger charge is 2.16. The van der Waals surface area contributed by atoms with Crippen molar-refractivity contribution in [2.45, 2.75) is 200 Å². The minimum absolute atomic E-state index is 0.104. The average Bonchev–Trinajstić information content (AvgIpc) is 3.11. The van der Waals surface area contributed by atoms with Crippen molar-refractivity contribution in [3.8, 4) is 0 Å². The van der Waals surface area contributed by atoms with Gasteiger partial charge in [-0.15, -0.1) is 0 Å². The Morgan fingerprint density at radius 3 is 1.60 bits per heavy atom. The SMILES string of the molecule is CCCC(O)C/C=C\C/C=C\C/C=C\C/C=C\CCCC(=O)OC[C@H](CO)OC(=O)CCCCCCCCCCCCCCCCC(C)CC. The monoisotopic (exact) mass is 703 g/mol. The molecule has 0 aliphatic carbocycles. The lowest BCUT2D eigenvalue weighted by atomic mass is 9.99. The van der Waals surface area contributed by atoms with Gasteiger partial charge < -0.3 is 19.7 Å². The third-order valence-corrected chi connectivity index (χ3v) is 9.22. The van der Waals surface area contributed by atoms with Crippen LogP contribution < -0.4 is 0 Å². The van der Waals surface area contributed by atoms with Crippen LogP contribution in [-0.4, -0.2) is 47.6 Å². The van der Waals surface area contributed by atoms with Gasteiger partial charge in [0, 0.05) is 12.8 Å². The Morgan fingerprint density at radius 1 is 0.600 bits per heavy atom. The van der Waals surface area contributed by atoms with Crippen LogP contribution in [0.1, 0.15) is 188 Å². The van der Waals surface area contributed by atoms with E-state index < -0.39 is 6.10 Å². The fourth-order valence-corrected chi connectivity index (χ4v) is 5.71. The van der Waals surface area contributed by atoms with Crippen molar-refractivity contribution in [1.29, 1.82) is 0 Å². The molecule has 0 aromatic heterocycles. The Morgan fingerprint density at radius 2 is 1.08 bits per heavy atom. The molecule has 6 nitrogen and oxygen atoms in total. The van der Waals surface area contributed by atoms with Crippen LogP contribution >= 0.6 is 0 Å². The number of esters is 2. The maximum atomic E-state index is 12.2. The summed E-state index contributed by atoms with van der Waals surface area (Å²) < 4.78 is 10.6. The summed E-state index contributed by atoms with van der Waals surface area (Å²) in [5, 5.41) is 19.3. The fraction of sp³-hybridized carbons (Fsp3) is 0.773. The van der Waals surface area contributed by atoms with Gasteiger partial charge >= 0.3 is 11.9 Å². The number of hydrogen-bond donors (Lipinski definition) is 2. The summed E-state index contributed by atoms with van der Waals surface area (Å²) in [4.78, 5) is 24.3. The van der Waals surface area contributed by atoms with Crippen LogP contribution in [-0.2, 0) is 19.1 Å². The molecular formula is C44H78O6. The minimum atomic E-state index is -0.802. The van der Waals surface area contributed by atoms with E-state index in [-0.39, 0.29) is 31.3 Å². The van der Waals surface area contributed by atoms with Crippen molar-refractivity contribution in [2.75, 3.05) is 13.2 Å². The maximum Gasteiger partial charge on any atom is 0.306 e. The van der Waals surface area contributed by atoms with E-state index in [4.69, 9.17) is 9.47 Å². The molecular weight excluding hydrogens is 624 g/mol. The molecule has 2 unspecified atom stereocenters. The van der Waals surface area contributed by atoms with E-state index in [1.807, 2.05) is 0 Å². The zero-order chi connectivity index (χ0) is 36.8. The number of unbranched alkanes of at least 4 members (excludes halogenated alkanes) is 14. The van der Waals surface area contributed by atoms with Gasteiger partial charge in [-0.05, 0) is 57.3 Å². The van der Waals surface area contributed by atoms with Crippen LogP contribution in [0.5, 0.6) is 0 Å². The average molecular weight is 703 g/mol. The molecule has 290 valence electrons.